The number of esters is 1. The molecule has 17 heavy (non-hydrogen) atoms. The van der Waals surface area contributed by atoms with Gasteiger partial charge in [0.15, 0.2) is 0 Å². The molecular formula is C13H13NO2S. The van der Waals surface area contributed by atoms with E-state index < -0.39 is 0 Å². The Morgan fingerprint density at radius 2 is 2.06 bits per heavy atom. The molecule has 0 amide bonds. The molecule has 0 aliphatic heterocycles. The Kier molecular flexibility index (Phi) is 3.77. The molecule has 1 N–H and O–H groups in total. The third kappa shape index (κ3) is 3.07. The van der Waals surface area contributed by atoms with E-state index in [1.807, 2.05) is 18.2 Å². The van der Waals surface area contributed by atoms with Crippen LogP contribution in [0.1, 0.15) is 15.2 Å². The highest BCUT2D eigenvalue weighted by Crippen LogP contribution is 2.14. The maximum Gasteiger partial charge on any atom is 0.337 e. The normalized spacial score (nSPS) is 9.94. The number of anilines is 1. The molecule has 2 aromatic rings. The number of rotatable bonds is 4. The van der Waals surface area contributed by atoms with Crippen LogP contribution >= 0.6 is 11.3 Å². The van der Waals surface area contributed by atoms with Gasteiger partial charge in [0.1, 0.15) is 0 Å². The number of carbonyl (C=O) groups excluding carboxylic acids is 1. The highest BCUT2D eigenvalue weighted by molar-refractivity contribution is 7.09. The average Bonchev–Trinajstić information content (AvgIpc) is 2.89. The third-order valence-corrected chi connectivity index (χ3v) is 3.23. The molecule has 0 unspecified atom stereocenters. The van der Waals surface area contributed by atoms with Gasteiger partial charge >= 0.3 is 5.97 Å². The molecular weight excluding hydrogens is 234 g/mol. The number of nitrogens with one attached hydrogen (secondary N) is 1. The fourth-order valence-electron chi connectivity index (χ4n) is 1.44. The van der Waals surface area contributed by atoms with Crippen molar-refractivity contribution in [2.24, 2.45) is 0 Å². The zero-order valence-electron chi connectivity index (χ0n) is 9.47. The SMILES string of the molecule is COC(=O)c1ccc(NCc2cccs2)cc1. The molecule has 1 aromatic carbocycles. The summed E-state index contributed by atoms with van der Waals surface area (Å²) in [5.74, 6) is -0.310. The quantitative estimate of drug-likeness (QED) is 0.843. The largest absolute Gasteiger partial charge is 0.465 e. The van der Waals surface area contributed by atoms with Crippen molar-refractivity contribution in [2.75, 3.05) is 12.4 Å². The van der Waals surface area contributed by atoms with Crippen LogP contribution in [0.25, 0.3) is 0 Å². The second-order valence-electron chi connectivity index (χ2n) is 3.50. The summed E-state index contributed by atoms with van der Waals surface area (Å²) in [6.07, 6.45) is 0. The zero-order chi connectivity index (χ0) is 12.1. The fourth-order valence-corrected chi connectivity index (χ4v) is 2.09. The van der Waals surface area contributed by atoms with Gasteiger partial charge in [-0.3, -0.25) is 0 Å². The average molecular weight is 247 g/mol. The molecule has 1 aromatic heterocycles. The summed E-state index contributed by atoms with van der Waals surface area (Å²) in [6, 6.07) is 11.4. The van der Waals surface area contributed by atoms with Crippen LogP contribution in [0.3, 0.4) is 0 Å². The Bertz CT molecular complexity index is 477. The third-order valence-electron chi connectivity index (χ3n) is 2.35. The lowest BCUT2D eigenvalue weighted by Gasteiger charge is -2.05. The molecule has 3 nitrogen and oxygen atoms in total. The van der Waals surface area contributed by atoms with Gasteiger partial charge < -0.3 is 10.1 Å². The predicted molar refractivity (Wildman–Crippen MR) is 69.4 cm³/mol. The van der Waals surface area contributed by atoms with Crippen molar-refractivity contribution in [1.29, 1.82) is 0 Å². The van der Waals surface area contributed by atoms with Crippen molar-refractivity contribution in [1.82, 2.24) is 0 Å². The maximum atomic E-state index is 11.2. The summed E-state index contributed by atoms with van der Waals surface area (Å²) in [4.78, 5) is 12.5. The van der Waals surface area contributed by atoms with Crippen molar-refractivity contribution in [3.63, 3.8) is 0 Å². The molecule has 0 saturated carbocycles. The first-order chi connectivity index (χ1) is 8.29. The van der Waals surface area contributed by atoms with Crippen LogP contribution in [0.4, 0.5) is 5.69 Å². The number of benzene rings is 1. The molecule has 0 bridgehead atoms. The summed E-state index contributed by atoms with van der Waals surface area (Å²) < 4.78 is 4.64. The van der Waals surface area contributed by atoms with E-state index in [-0.39, 0.29) is 5.97 Å². The lowest BCUT2D eigenvalue weighted by Crippen LogP contribution is -2.02. The molecule has 4 heteroatoms. The van der Waals surface area contributed by atoms with E-state index >= 15 is 0 Å². The van der Waals surface area contributed by atoms with Crippen molar-refractivity contribution in [3.05, 3.63) is 52.2 Å². The van der Waals surface area contributed by atoms with Crippen molar-refractivity contribution < 1.29 is 9.53 Å². The first-order valence-electron chi connectivity index (χ1n) is 5.24. The Balaban J connectivity index is 1.96. The van der Waals surface area contributed by atoms with Crippen LogP contribution in [0.2, 0.25) is 0 Å². The van der Waals surface area contributed by atoms with Crippen molar-refractivity contribution >= 4 is 23.0 Å². The number of thiophene rings is 1. The molecule has 88 valence electrons. The van der Waals surface area contributed by atoms with Crippen LogP contribution in [0.5, 0.6) is 0 Å². The van der Waals surface area contributed by atoms with Crippen molar-refractivity contribution in [3.8, 4) is 0 Å². The van der Waals surface area contributed by atoms with E-state index in [4.69, 9.17) is 0 Å². The first-order valence-corrected chi connectivity index (χ1v) is 6.12. The van der Waals surface area contributed by atoms with Gasteiger partial charge in [0.05, 0.1) is 12.7 Å². The van der Waals surface area contributed by atoms with Gasteiger partial charge in [-0.2, -0.15) is 0 Å². The minimum atomic E-state index is -0.310. The Morgan fingerprint density at radius 3 is 2.65 bits per heavy atom. The van der Waals surface area contributed by atoms with Gasteiger partial charge in [0, 0.05) is 17.1 Å². The van der Waals surface area contributed by atoms with Crippen LogP contribution in [0.15, 0.2) is 41.8 Å². The monoisotopic (exact) mass is 247 g/mol. The molecule has 0 fully saturated rings. The second-order valence-corrected chi connectivity index (χ2v) is 4.53. The highest BCUT2D eigenvalue weighted by Gasteiger charge is 2.03. The van der Waals surface area contributed by atoms with E-state index in [1.165, 1.54) is 12.0 Å². The lowest BCUT2D eigenvalue weighted by molar-refractivity contribution is 0.0601. The molecule has 2 rings (SSSR count). The summed E-state index contributed by atoms with van der Waals surface area (Å²) in [5, 5.41) is 5.34. The zero-order valence-corrected chi connectivity index (χ0v) is 10.3. The van der Waals surface area contributed by atoms with E-state index in [0.29, 0.717) is 5.56 Å². The van der Waals surface area contributed by atoms with Crippen LogP contribution in [-0.2, 0) is 11.3 Å². The maximum absolute atomic E-state index is 11.2. The molecule has 0 radical (unpaired) electrons. The molecule has 0 spiro atoms. The Morgan fingerprint density at radius 1 is 1.29 bits per heavy atom. The van der Waals surface area contributed by atoms with E-state index in [1.54, 1.807) is 23.5 Å². The van der Waals surface area contributed by atoms with Gasteiger partial charge in [-0.1, -0.05) is 6.07 Å². The second kappa shape index (κ2) is 5.50. The smallest absolute Gasteiger partial charge is 0.337 e. The van der Waals surface area contributed by atoms with E-state index in [2.05, 4.69) is 21.5 Å². The number of hydrogen-bond donors (Lipinski definition) is 1. The first kappa shape index (κ1) is 11.7. The van der Waals surface area contributed by atoms with Crippen LogP contribution in [0, 0.1) is 0 Å². The van der Waals surface area contributed by atoms with Gasteiger partial charge in [-0.05, 0) is 35.7 Å². The standard InChI is InChI=1S/C13H13NO2S/c1-16-13(15)10-4-6-11(7-5-10)14-9-12-3-2-8-17-12/h2-8,14H,9H2,1H3. The molecule has 0 saturated heterocycles. The number of ether oxygens (including phenoxy) is 1. The van der Waals surface area contributed by atoms with Crippen LogP contribution < -0.4 is 5.32 Å². The molecule has 0 aliphatic carbocycles. The number of carbonyl (C=O) groups is 1. The van der Waals surface area contributed by atoms with Gasteiger partial charge in [-0.25, -0.2) is 4.79 Å². The van der Waals surface area contributed by atoms with Crippen molar-refractivity contribution in [2.45, 2.75) is 6.54 Å². The molecule has 0 atom stereocenters. The predicted octanol–water partition coefficient (Wildman–Crippen LogP) is 3.15. The minimum absolute atomic E-state index is 0.310. The van der Waals surface area contributed by atoms with Gasteiger partial charge in [0.2, 0.25) is 0 Å². The van der Waals surface area contributed by atoms with Gasteiger partial charge in [-0.15, -0.1) is 11.3 Å². The Labute approximate surface area is 104 Å². The highest BCUT2D eigenvalue weighted by atomic mass is 32.1. The van der Waals surface area contributed by atoms with Gasteiger partial charge in [0.25, 0.3) is 0 Å². The Hall–Kier alpha value is -1.81. The number of methoxy groups -OCH3 is 1. The topological polar surface area (TPSA) is 38.3 Å². The summed E-state index contributed by atoms with van der Waals surface area (Å²) in [6.45, 7) is 0.801. The number of hydrogen-bond acceptors (Lipinski definition) is 4. The summed E-state index contributed by atoms with van der Waals surface area (Å²) in [5.41, 5.74) is 1.56. The minimum Gasteiger partial charge on any atom is -0.465 e. The van der Waals surface area contributed by atoms with E-state index in [9.17, 15) is 4.79 Å². The van der Waals surface area contributed by atoms with E-state index in [0.717, 1.165) is 12.2 Å². The summed E-state index contributed by atoms with van der Waals surface area (Å²) in [7, 11) is 1.38. The molecule has 1 heterocycles. The summed E-state index contributed by atoms with van der Waals surface area (Å²) >= 11 is 1.72. The lowest BCUT2D eigenvalue weighted by atomic mass is 10.2. The van der Waals surface area contributed by atoms with Crippen LogP contribution in [-0.4, -0.2) is 13.1 Å². The fraction of sp³-hybridized carbons (Fsp3) is 0.154. The molecule has 0 aliphatic rings.